The van der Waals surface area contributed by atoms with Crippen LogP contribution in [0.15, 0.2) is 28.7 Å². The maximum atomic E-state index is 13.6. The minimum absolute atomic E-state index is 0.0134. The van der Waals surface area contributed by atoms with E-state index in [0.29, 0.717) is 11.5 Å². The van der Waals surface area contributed by atoms with Gasteiger partial charge in [0.05, 0.1) is 15.8 Å². The lowest BCUT2D eigenvalue weighted by Gasteiger charge is -2.10. The van der Waals surface area contributed by atoms with Gasteiger partial charge < -0.3 is 11.1 Å². The average Bonchev–Trinajstić information content (AvgIpc) is 2.30. The number of hydrogen-bond donors (Lipinski definition) is 2. The molecule has 18 heavy (non-hydrogen) atoms. The molecule has 2 rings (SSSR count). The fraction of sp³-hybridized carbons (Fsp3) is 0.0833. The van der Waals surface area contributed by atoms with Crippen LogP contribution in [0.4, 0.5) is 26.0 Å². The van der Waals surface area contributed by atoms with Crippen molar-refractivity contribution in [2.75, 3.05) is 11.1 Å². The monoisotopic (exact) mass is 313 g/mol. The van der Waals surface area contributed by atoms with Crippen LogP contribution in [0.1, 0.15) is 5.69 Å². The highest BCUT2D eigenvalue weighted by Gasteiger charge is 2.10. The molecular formula is C12H10BrF2N3. The van der Waals surface area contributed by atoms with Crippen LogP contribution in [-0.4, -0.2) is 4.98 Å². The third-order valence-electron chi connectivity index (χ3n) is 2.33. The second-order valence-corrected chi connectivity index (χ2v) is 4.62. The highest BCUT2D eigenvalue weighted by atomic mass is 79.9. The first kappa shape index (κ1) is 12.8. The average molecular weight is 314 g/mol. The van der Waals surface area contributed by atoms with E-state index in [1.807, 2.05) is 0 Å². The number of halogens is 3. The van der Waals surface area contributed by atoms with Crippen LogP contribution < -0.4 is 11.1 Å². The normalized spacial score (nSPS) is 10.4. The van der Waals surface area contributed by atoms with E-state index < -0.39 is 11.6 Å². The number of aryl methyl sites for hydroxylation is 1. The number of anilines is 3. The quantitative estimate of drug-likeness (QED) is 0.830. The number of benzene rings is 1. The summed E-state index contributed by atoms with van der Waals surface area (Å²) in [6, 6.07) is 5.48. The van der Waals surface area contributed by atoms with Gasteiger partial charge in [-0.2, -0.15) is 0 Å². The molecule has 1 heterocycles. The molecule has 1 aromatic carbocycles. The first-order valence-electron chi connectivity index (χ1n) is 5.12. The van der Waals surface area contributed by atoms with Gasteiger partial charge in [0, 0.05) is 11.8 Å². The van der Waals surface area contributed by atoms with Crippen molar-refractivity contribution < 1.29 is 8.78 Å². The van der Waals surface area contributed by atoms with Crippen molar-refractivity contribution in [3.05, 3.63) is 46.1 Å². The zero-order chi connectivity index (χ0) is 13.3. The number of hydrogen-bond acceptors (Lipinski definition) is 3. The highest BCUT2D eigenvalue weighted by Crippen LogP contribution is 2.27. The van der Waals surface area contributed by atoms with Gasteiger partial charge in [-0.15, -0.1) is 0 Å². The molecule has 0 aliphatic carbocycles. The number of aromatic nitrogens is 1. The van der Waals surface area contributed by atoms with Gasteiger partial charge >= 0.3 is 0 Å². The summed E-state index contributed by atoms with van der Waals surface area (Å²) >= 11 is 2.91. The minimum atomic E-state index is -0.592. The summed E-state index contributed by atoms with van der Waals surface area (Å²) in [6.45, 7) is 1.78. The standard InChI is InChI=1S/C12H10BrF2N3/c1-6-2-3-10(16)12(17-6)18-11-5-8(14)7(13)4-9(11)15/h2-5H,16H2,1H3,(H,17,18). The summed E-state index contributed by atoms with van der Waals surface area (Å²) in [6.07, 6.45) is 0. The van der Waals surface area contributed by atoms with Gasteiger partial charge in [0.1, 0.15) is 11.6 Å². The lowest BCUT2D eigenvalue weighted by atomic mass is 10.2. The maximum Gasteiger partial charge on any atom is 0.153 e. The summed E-state index contributed by atoms with van der Waals surface area (Å²) in [4.78, 5) is 4.12. The highest BCUT2D eigenvalue weighted by molar-refractivity contribution is 9.10. The molecule has 0 saturated carbocycles. The Kier molecular flexibility index (Phi) is 3.47. The van der Waals surface area contributed by atoms with E-state index in [1.54, 1.807) is 19.1 Å². The van der Waals surface area contributed by atoms with Crippen molar-refractivity contribution in [2.24, 2.45) is 0 Å². The second kappa shape index (κ2) is 4.89. The van der Waals surface area contributed by atoms with Gasteiger partial charge in [-0.1, -0.05) is 0 Å². The summed E-state index contributed by atoms with van der Waals surface area (Å²) in [5.74, 6) is -0.855. The molecule has 0 unspecified atom stereocenters. The Morgan fingerprint density at radius 3 is 2.67 bits per heavy atom. The van der Waals surface area contributed by atoms with E-state index in [9.17, 15) is 8.78 Å². The van der Waals surface area contributed by atoms with Crippen LogP contribution in [0.5, 0.6) is 0 Å². The Labute approximate surface area is 111 Å². The number of rotatable bonds is 2. The number of nitrogens with two attached hydrogens (primary N) is 1. The van der Waals surface area contributed by atoms with Crippen LogP contribution >= 0.6 is 15.9 Å². The largest absolute Gasteiger partial charge is 0.396 e. The Hall–Kier alpha value is -1.69. The van der Waals surface area contributed by atoms with Crippen molar-refractivity contribution in [3.8, 4) is 0 Å². The number of nitrogens with zero attached hydrogens (tertiary/aromatic N) is 1. The summed E-state index contributed by atoms with van der Waals surface area (Å²) in [5.41, 5.74) is 6.78. The molecule has 3 N–H and O–H groups in total. The predicted molar refractivity (Wildman–Crippen MR) is 70.7 cm³/mol. The van der Waals surface area contributed by atoms with Crippen molar-refractivity contribution in [1.29, 1.82) is 0 Å². The molecule has 0 saturated heterocycles. The SMILES string of the molecule is Cc1ccc(N)c(Nc2cc(F)c(Br)cc2F)n1. The van der Waals surface area contributed by atoms with Crippen molar-refractivity contribution in [1.82, 2.24) is 4.98 Å². The van der Waals surface area contributed by atoms with Crippen LogP contribution in [0, 0.1) is 18.6 Å². The molecule has 1 aromatic heterocycles. The molecule has 2 aromatic rings. The molecule has 0 spiro atoms. The first-order valence-corrected chi connectivity index (χ1v) is 5.91. The first-order chi connectivity index (χ1) is 8.47. The van der Waals surface area contributed by atoms with E-state index in [0.717, 1.165) is 17.8 Å². The van der Waals surface area contributed by atoms with E-state index in [2.05, 4.69) is 26.2 Å². The summed E-state index contributed by atoms with van der Waals surface area (Å²) in [7, 11) is 0. The second-order valence-electron chi connectivity index (χ2n) is 3.76. The number of nitrogens with one attached hydrogen (secondary N) is 1. The molecule has 0 bridgehead atoms. The van der Waals surface area contributed by atoms with E-state index >= 15 is 0 Å². The van der Waals surface area contributed by atoms with Gasteiger partial charge in [-0.05, 0) is 41.1 Å². The maximum absolute atomic E-state index is 13.6. The summed E-state index contributed by atoms with van der Waals surface area (Å²) in [5, 5.41) is 2.68. The number of nitrogen functional groups attached to an aromatic ring is 1. The fourth-order valence-corrected chi connectivity index (χ4v) is 1.73. The van der Waals surface area contributed by atoms with Crippen molar-refractivity contribution in [3.63, 3.8) is 0 Å². The molecule has 0 aliphatic rings. The number of pyridine rings is 1. The van der Waals surface area contributed by atoms with Crippen molar-refractivity contribution in [2.45, 2.75) is 6.92 Å². The molecule has 0 amide bonds. The zero-order valence-electron chi connectivity index (χ0n) is 9.47. The van der Waals surface area contributed by atoms with Gasteiger partial charge in [0.15, 0.2) is 5.82 Å². The van der Waals surface area contributed by atoms with E-state index in [-0.39, 0.29) is 10.2 Å². The smallest absolute Gasteiger partial charge is 0.153 e. The molecule has 3 nitrogen and oxygen atoms in total. The van der Waals surface area contributed by atoms with Crippen LogP contribution in [0.25, 0.3) is 0 Å². The van der Waals surface area contributed by atoms with Crippen LogP contribution in [-0.2, 0) is 0 Å². The Morgan fingerprint density at radius 2 is 1.94 bits per heavy atom. The Morgan fingerprint density at radius 1 is 1.22 bits per heavy atom. The zero-order valence-corrected chi connectivity index (χ0v) is 11.1. The third-order valence-corrected chi connectivity index (χ3v) is 2.94. The van der Waals surface area contributed by atoms with E-state index in [4.69, 9.17) is 5.73 Å². The predicted octanol–water partition coefficient (Wildman–Crippen LogP) is 3.76. The lowest BCUT2D eigenvalue weighted by Crippen LogP contribution is -2.02. The Balaban J connectivity index is 2.40. The van der Waals surface area contributed by atoms with Gasteiger partial charge in [-0.25, -0.2) is 13.8 Å². The topological polar surface area (TPSA) is 50.9 Å². The molecule has 0 fully saturated rings. The fourth-order valence-electron chi connectivity index (χ4n) is 1.41. The van der Waals surface area contributed by atoms with Crippen molar-refractivity contribution >= 4 is 33.1 Å². The van der Waals surface area contributed by atoms with E-state index in [1.165, 1.54) is 0 Å². The molecule has 0 atom stereocenters. The molecule has 94 valence electrons. The lowest BCUT2D eigenvalue weighted by molar-refractivity contribution is 0.598. The molecule has 0 aliphatic heterocycles. The molecule has 0 radical (unpaired) electrons. The van der Waals surface area contributed by atoms with Crippen LogP contribution in [0.2, 0.25) is 0 Å². The molecular weight excluding hydrogens is 304 g/mol. The minimum Gasteiger partial charge on any atom is -0.396 e. The van der Waals surface area contributed by atoms with Gasteiger partial charge in [-0.3, -0.25) is 0 Å². The van der Waals surface area contributed by atoms with Gasteiger partial charge in [0.2, 0.25) is 0 Å². The molecule has 6 heteroatoms. The van der Waals surface area contributed by atoms with Crippen LogP contribution in [0.3, 0.4) is 0 Å². The third kappa shape index (κ3) is 2.59. The van der Waals surface area contributed by atoms with Gasteiger partial charge in [0.25, 0.3) is 0 Å². The Bertz CT molecular complexity index is 602. The summed E-state index contributed by atoms with van der Waals surface area (Å²) < 4.78 is 27.0.